The Labute approximate surface area is 138 Å². The molecule has 1 aromatic carbocycles. The summed E-state index contributed by atoms with van der Waals surface area (Å²) in [6, 6.07) is 3.66. The predicted octanol–water partition coefficient (Wildman–Crippen LogP) is 4.80. The fourth-order valence-corrected chi connectivity index (χ4v) is 3.29. The fraction of sp³-hybridized carbons (Fsp3) is 0.526. The fourth-order valence-electron chi connectivity index (χ4n) is 3.29. The molecule has 0 fully saturated rings. The van der Waals surface area contributed by atoms with Gasteiger partial charge in [-0.3, -0.25) is 0 Å². The van der Waals surface area contributed by atoms with Gasteiger partial charge in [0.2, 0.25) is 0 Å². The Hall–Kier alpha value is -1.97. The van der Waals surface area contributed by atoms with Crippen LogP contribution in [0.1, 0.15) is 69.4 Å². The molecular formula is C19H27NO3. The first kappa shape index (κ1) is 17.4. The quantitative estimate of drug-likeness (QED) is 0.585. The first-order valence-corrected chi connectivity index (χ1v) is 8.51. The van der Waals surface area contributed by atoms with E-state index in [-0.39, 0.29) is 11.7 Å². The standard InChI is InChI=1S/C19H27NO3/c1-3-4-5-8-14-11-16(21)18(17(12-14)23-19(20)22)15-9-6-7-13(2)10-15/h10-12,15,21H,3-9H2,1-2H3,(H2,20,22). The number of benzene rings is 1. The summed E-state index contributed by atoms with van der Waals surface area (Å²) in [5.41, 5.74) is 8.18. The van der Waals surface area contributed by atoms with Gasteiger partial charge in [-0.05, 0) is 56.7 Å². The molecule has 0 aromatic heterocycles. The Morgan fingerprint density at radius 3 is 2.83 bits per heavy atom. The number of phenolic OH excluding ortho intramolecular Hbond substituents is 1. The molecule has 0 saturated heterocycles. The number of aryl methyl sites for hydroxylation is 1. The molecule has 126 valence electrons. The monoisotopic (exact) mass is 317 g/mol. The number of unbranched alkanes of at least 4 members (excludes halogenated alkanes) is 2. The van der Waals surface area contributed by atoms with Gasteiger partial charge < -0.3 is 15.6 Å². The molecule has 23 heavy (non-hydrogen) atoms. The van der Waals surface area contributed by atoms with Crippen molar-refractivity contribution in [1.82, 2.24) is 0 Å². The molecule has 0 spiro atoms. The topological polar surface area (TPSA) is 72.6 Å². The van der Waals surface area contributed by atoms with Crippen molar-refractivity contribution >= 4 is 6.09 Å². The number of hydrogen-bond donors (Lipinski definition) is 2. The van der Waals surface area contributed by atoms with E-state index in [1.54, 1.807) is 6.07 Å². The first-order valence-electron chi connectivity index (χ1n) is 8.51. The van der Waals surface area contributed by atoms with Crippen molar-refractivity contribution in [1.29, 1.82) is 0 Å². The normalized spacial score (nSPS) is 17.7. The largest absolute Gasteiger partial charge is 0.507 e. The van der Waals surface area contributed by atoms with E-state index in [0.29, 0.717) is 11.3 Å². The van der Waals surface area contributed by atoms with E-state index in [2.05, 4.69) is 19.9 Å². The number of nitrogens with two attached hydrogens (primary N) is 1. The van der Waals surface area contributed by atoms with Crippen LogP contribution in [0.25, 0.3) is 0 Å². The highest BCUT2D eigenvalue weighted by molar-refractivity contribution is 5.70. The Morgan fingerprint density at radius 2 is 2.17 bits per heavy atom. The molecule has 0 saturated carbocycles. The van der Waals surface area contributed by atoms with E-state index in [9.17, 15) is 9.90 Å². The SMILES string of the molecule is CCCCCc1cc(O)c(C2C=C(C)CCC2)c(OC(N)=O)c1. The molecule has 2 rings (SSSR count). The minimum absolute atomic E-state index is 0.0720. The second-order valence-corrected chi connectivity index (χ2v) is 6.42. The van der Waals surface area contributed by atoms with E-state index >= 15 is 0 Å². The van der Waals surface area contributed by atoms with Crippen molar-refractivity contribution in [3.05, 3.63) is 34.9 Å². The average molecular weight is 317 g/mol. The second kappa shape index (κ2) is 8.04. The molecule has 3 N–H and O–H groups in total. The predicted molar refractivity (Wildman–Crippen MR) is 91.9 cm³/mol. The number of carbonyl (C=O) groups is 1. The highest BCUT2D eigenvalue weighted by Gasteiger charge is 2.23. The molecule has 1 aromatic rings. The van der Waals surface area contributed by atoms with Crippen molar-refractivity contribution in [2.45, 2.75) is 64.7 Å². The van der Waals surface area contributed by atoms with Crippen LogP contribution in [0.3, 0.4) is 0 Å². The van der Waals surface area contributed by atoms with Gasteiger partial charge in [-0.25, -0.2) is 4.79 Å². The summed E-state index contributed by atoms with van der Waals surface area (Å²) in [7, 11) is 0. The lowest BCUT2D eigenvalue weighted by atomic mass is 9.84. The summed E-state index contributed by atoms with van der Waals surface area (Å²) in [6.07, 6.45) is 8.59. The molecule has 1 aliphatic carbocycles. The average Bonchev–Trinajstić information content (AvgIpc) is 2.46. The van der Waals surface area contributed by atoms with Crippen LogP contribution in [0.4, 0.5) is 4.79 Å². The van der Waals surface area contributed by atoms with Crippen LogP contribution in [0, 0.1) is 0 Å². The molecule has 0 bridgehead atoms. The number of aromatic hydroxyl groups is 1. The van der Waals surface area contributed by atoms with Crippen molar-refractivity contribution in [3.63, 3.8) is 0 Å². The van der Waals surface area contributed by atoms with Crippen LogP contribution in [0.2, 0.25) is 0 Å². The van der Waals surface area contributed by atoms with Gasteiger partial charge in [0.1, 0.15) is 11.5 Å². The Bertz CT molecular complexity index is 593. The van der Waals surface area contributed by atoms with E-state index < -0.39 is 6.09 Å². The van der Waals surface area contributed by atoms with E-state index in [4.69, 9.17) is 10.5 Å². The number of rotatable bonds is 6. The molecule has 1 unspecified atom stereocenters. The molecule has 0 aliphatic heterocycles. The highest BCUT2D eigenvalue weighted by atomic mass is 16.5. The third-order valence-electron chi connectivity index (χ3n) is 4.40. The number of primary amides is 1. The van der Waals surface area contributed by atoms with Gasteiger partial charge in [0, 0.05) is 11.5 Å². The Balaban J connectivity index is 2.35. The molecule has 0 radical (unpaired) electrons. The molecule has 4 nitrogen and oxygen atoms in total. The molecule has 0 heterocycles. The maximum Gasteiger partial charge on any atom is 0.409 e. The molecular weight excluding hydrogens is 290 g/mol. The van der Waals surface area contributed by atoms with Crippen molar-refractivity contribution in [2.75, 3.05) is 0 Å². The summed E-state index contributed by atoms with van der Waals surface area (Å²) >= 11 is 0. The lowest BCUT2D eigenvalue weighted by Gasteiger charge is -2.23. The zero-order chi connectivity index (χ0) is 16.8. The zero-order valence-corrected chi connectivity index (χ0v) is 14.1. The maximum atomic E-state index is 11.3. The third-order valence-corrected chi connectivity index (χ3v) is 4.40. The number of ether oxygens (including phenoxy) is 1. The van der Waals surface area contributed by atoms with Crippen molar-refractivity contribution < 1.29 is 14.6 Å². The minimum Gasteiger partial charge on any atom is -0.507 e. The summed E-state index contributed by atoms with van der Waals surface area (Å²) < 4.78 is 5.21. The van der Waals surface area contributed by atoms with Crippen molar-refractivity contribution in [2.24, 2.45) is 5.73 Å². The van der Waals surface area contributed by atoms with Crippen LogP contribution < -0.4 is 10.5 Å². The van der Waals surface area contributed by atoms with E-state index in [1.165, 1.54) is 5.57 Å². The van der Waals surface area contributed by atoms with Gasteiger partial charge in [0.05, 0.1) is 0 Å². The smallest absolute Gasteiger partial charge is 0.409 e. The maximum absolute atomic E-state index is 11.3. The summed E-state index contributed by atoms with van der Waals surface area (Å²) in [4.78, 5) is 11.3. The van der Waals surface area contributed by atoms with Crippen LogP contribution >= 0.6 is 0 Å². The number of phenols is 1. The van der Waals surface area contributed by atoms with Gasteiger partial charge >= 0.3 is 6.09 Å². The lowest BCUT2D eigenvalue weighted by Crippen LogP contribution is -2.18. The first-order chi connectivity index (χ1) is 11.0. The molecule has 1 atom stereocenters. The molecule has 1 amide bonds. The summed E-state index contributed by atoms with van der Waals surface area (Å²) in [5.74, 6) is 0.675. The zero-order valence-electron chi connectivity index (χ0n) is 14.1. The third kappa shape index (κ3) is 4.75. The van der Waals surface area contributed by atoms with Gasteiger partial charge in [-0.2, -0.15) is 0 Å². The van der Waals surface area contributed by atoms with Gasteiger partial charge in [-0.15, -0.1) is 0 Å². The van der Waals surface area contributed by atoms with Crippen LogP contribution in [0.5, 0.6) is 11.5 Å². The van der Waals surface area contributed by atoms with Gasteiger partial charge in [0.25, 0.3) is 0 Å². The second-order valence-electron chi connectivity index (χ2n) is 6.42. The van der Waals surface area contributed by atoms with E-state index in [1.807, 2.05) is 6.07 Å². The molecule has 4 heteroatoms. The van der Waals surface area contributed by atoms with Crippen LogP contribution in [0.15, 0.2) is 23.8 Å². The summed E-state index contributed by atoms with van der Waals surface area (Å²) in [6.45, 7) is 4.25. The Kier molecular flexibility index (Phi) is 6.08. The number of carbonyl (C=O) groups excluding carboxylic acids is 1. The van der Waals surface area contributed by atoms with Gasteiger partial charge in [-0.1, -0.05) is 31.4 Å². The van der Waals surface area contributed by atoms with Crippen LogP contribution in [-0.4, -0.2) is 11.2 Å². The Morgan fingerprint density at radius 1 is 1.39 bits per heavy atom. The van der Waals surface area contributed by atoms with Gasteiger partial charge in [0.15, 0.2) is 0 Å². The highest BCUT2D eigenvalue weighted by Crippen LogP contribution is 2.42. The molecule has 1 aliphatic rings. The number of allylic oxidation sites excluding steroid dienone is 2. The van der Waals surface area contributed by atoms with Crippen molar-refractivity contribution in [3.8, 4) is 11.5 Å². The number of amides is 1. The van der Waals surface area contributed by atoms with E-state index in [0.717, 1.165) is 50.5 Å². The lowest BCUT2D eigenvalue weighted by molar-refractivity contribution is 0.210. The number of hydrogen-bond acceptors (Lipinski definition) is 3. The minimum atomic E-state index is -0.840. The van der Waals surface area contributed by atoms with Crippen LogP contribution in [-0.2, 0) is 6.42 Å². The summed E-state index contributed by atoms with van der Waals surface area (Å²) in [5, 5.41) is 10.5.